The molecule has 0 spiro atoms. The van der Waals surface area contributed by atoms with Gasteiger partial charge < -0.3 is 10.2 Å². The van der Waals surface area contributed by atoms with Gasteiger partial charge in [0.2, 0.25) is 11.8 Å². The van der Waals surface area contributed by atoms with Crippen molar-refractivity contribution in [3.05, 3.63) is 94.0 Å². The molecule has 41 heavy (non-hydrogen) atoms. The summed E-state index contributed by atoms with van der Waals surface area (Å²) in [5.41, 5.74) is -1.02. The van der Waals surface area contributed by atoms with E-state index in [0.29, 0.717) is 21.0 Å². The highest BCUT2D eigenvalue weighted by atomic mass is 35.5. The fourth-order valence-corrected chi connectivity index (χ4v) is 6.03. The Labute approximate surface area is 246 Å². The number of likely N-dealkylation sites (N-methyl/N-ethyl adjacent to an activating group) is 1. The van der Waals surface area contributed by atoms with Gasteiger partial charge in [-0.3, -0.25) is 13.9 Å². The van der Waals surface area contributed by atoms with Gasteiger partial charge in [0.25, 0.3) is 10.0 Å². The maximum Gasteiger partial charge on any atom is 0.416 e. The Kier molecular flexibility index (Phi) is 10.7. The number of anilines is 1. The number of hydrogen-bond acceptors (Lipinski definition) is 4. The molecule has 1 atom stereocenters. The predicted molar refractivity (Wildman–Crippen MR) is 152 cm³/mol. The van der Waals surface area contributed by atoms with E-state index in [2.05, 4.69) is 5.32 Å². The molecule has 3 aromatic carbocycles. The third-order valence-corrected chi connectivity index (χ3v) is 8.54. The molecule has 0 aliphatic heterocycles. The van der Waals surface area contributed by atoms with Crippen molar-refractivity contribution in [2.75, 3.05) is 17.4 Å². The zero-order valence-corrected chi connectivity index (χ0v) is 24.5. The molecule has 3 aromatic rings. The van der Waals surface area contributed by atoms with Gasteiger partial charge in [-0.1, -0.05) is 60.5 Å². The van der Waals surface area contributed by atoms with Gasteiger partial charge in [-0.05, 0) is 61.4 Å². The molecule has 0 aliphatic rings. The van der Waals surface area contributed by atoms with E-state index in [0.717, 1.165) is 12.1 Å². The minimum atomic E-state index is -4.76. The summed E-state index contributed by atoms with van der Waals surface area (Å²) < 4.78 is 68.7. The molecule has 0 aliphatic carbocycles. The van der Waals surface area contributed by atoms with Crippen molar-refractivity contribution in [1.82, 2.24) is 10.2 Å². The molecule has 0 bridgehead atoms. The lowest BCUT2D eigenvalue weighted by Gasteiger charge is -2.33. The van der Waals surface area contributed by atoms with Crippen LogP contribution in [0.2, 0.25) is 10.0 Å². The van der Waals surface area contributed by atoms with Crippen LogP contribution < -0.4 is 9.62 Å². The fraction of sp³-hybridized carbons (Fsp3) is 0.286. The van der Waals surface area contributed by atoms with Crippen molar-refractivity contribution in [2.24, 2.45) is 0 Å². The smallest absolute Gasteiger partial charge is 0.355 e. The van der Waals surface area contributed by atoms with E-state index in [1.54, 1.807) is 32.0 Å². The Hall–Kier alpha value is -3.28. The van der Waals surface area contributed by atoms with Crippen molar-refractivity contribution in [3.8, 4) is 0 Å². The normalized spacial score (nSPS) is 12.5. The van der Waals surface area contributed by atoms with E-state index in [4.69, 9.17) is 23.2 Å². The van der Waals surface area contributed by atoms with Gasteiger partial charge in [-0.2, -0.15) is 13.2 Å². The van der Waals surface area contributed by atoms with Gasteiger partial charge in [0, 0.05) is 23.1 Å². The van der Waals surface area contributed by atoms with Crippen LogP contribution in [-0.2, 0) is 32.3 Å². The van der Waals surface area contributed by atoms with Crippen LogP contribution in [0.4, 0.5) is 18.9 Å². The highest BCUT2D eigenvalue weighted by molar-refractivity contribution is 7.92. The van der Waals surface area contributed by atoms with Gasteiger partial charge in [0.1, 0.15) is 12.6 Å². The first-order chi connectivity index (χ1) is 19.3. The second-order valence-corrected chi connectivity index (χ2v) is 11.7. The van der Waals surface area contributed by atoms with Crippen molar-refractivity contribution in [2.45, 2.75) is 43.9 Å². The Morgan fingerprint density at radius 1 is 0.951 bits per heavy atom. The highest BCUT2D eigenvalue weighted by Crippen LogP contribution is 2.33. The maximum atomic E-state index is 13.9. The van der Waals surface area contributed by atoms with Gasteiger partial charge in [-0.25, -0.2) is 8.42 Å². The summed E-state index contributed by atoms with van der Waals surface area (Å²) in [4.78, 5) is 27.8. The van der Waals surface area contributed by atoms with Gasteiger partial charge in [0.15, 0.2) is 0 Å². The number of rotatable bonds is 11. The molecule has 0 fully saturated rings. The molecule has 0 unspecified atom stereocenters. The van der Waals surface area contributed by atoms with Crippen LogP contribution in [0.15, 0.2) is 77.7 Å². The first-order valence-corrected chi connectivity index (χ1v) is 14.7. The number of halogens is 5. The van der Waals surface area contributed by atoms with Crippen molar-refractivity contribution in [3.63, 3.8) is 0 Å². The van der Waals surface area contributed by atoms with E-state index >= 15 is 0 Å². The Balaban J connectivity index is 2.13. The van der Waals surface area contributed by atoms with Crippen molar-refractivity contribution in [1.29, 1.82) is 0 Å². The van der Waals surface area contributed by atoms with Gasteiger partial charge >= 0.3 is 6.18 Å². The second kappa shape index (κ2) is 13.6. The Morgan fingerprint density at radius 3 is 2.22 bits per heavy atom. The first kappa shape index (κ1) is 32.2. The van der Waals surface area contributed by atoms with E-state index < -0.39 is 46.2 Å². The van der Waals surface area contributed by atoms with Crippen LogP contribution in [0.3, 0.4) is 0 Å². The summed E-state index contributed by atoms with van der Waals surface area (Å²) in [6.07, 6.45) is -4.59. The minimum Gasteiger partial charge on any atom is -0.355 e. The van der Waals surface area contributed by atoms with E-state index in [9.17, 15) is 31.2 Å². The number of benzene rings is 3. The van der Waals surface area contributed by atoms with Gasteiger partial charge in [-0.15, -0.1) is 0 Å². The minimum absolute atomic E-state index is 0.164. The van der Waals surface area contributed by atoms with E-state index in [-0.39, 0.29) is 35.1 Å². The lowest BCUT2D eigenvalue weighted by atomic mass is 10.1. The molecule has 3 rings (SSSR count). The largest absolute Gasteiger partial charge is 0.416 e. The lowest BCUT2D eigenvalue weighted by molar-refractivity contribution is -0.140. The predicted octanol–water partition coefficient (Wildman–Crippen LogP) is 6.15. The molecule has 1 N–H and O–H groups in total. The van der Waals surface area contributed by atoms with Crippen LogP contribution in [0.5, 0.6) is 0 Å². The molecule has 2 amide bonds. The summed E-state index contributed by atoms with van der Waals surface area (Å²) in [5.74, 6) is -1.31. The fourth-order valence-electron chi connectivity index (χ4n) is 4.13. The van der Waals surface area contributed by atoms with Crippen LogP contribution in [0.1, 0.15) is 31.4 Å². The molecule has 0 saturated heterocycles. The van der Waals surface area contributed by atoms with Crippen molar-refractivity contribution >= 4 is 50.7 Å². The van der Waals surface area contributed by atoms with Crippen molar-refractivity contribution < 1.29 is 31.2 Å². The first-order valence-electron chi connectivity index (χ1n) is 12.6. The van der Waals surface area contributed by atoms with E-state index in [1.165, 1.54) is 41.3 Å². The number of hydrogen-bond donors (Lipinski definition) is 1. The maximum absolute atomic E-state index is 13.9. The van der Waals surface area contributed by atoms with Crippen LogP contribution >= 0.6 is 23.2 Å². The van der Waals surface area contributed by atoms with Gasteiger partial charge in [0.05, 0.1) is 16.1 Å². The van der Waals surface area contributed by atoms with Crippen LogP contribution in [-0.4, -0.2) is 44.3 Å². The SMILES string of the molecule is CCNC(=O)[C@@H](CC)N(Cc1ccc(Cl)cc1Cl)C(=O)CN(c1cccc(C(F)(F)F)c1)S(=O)(=O)c1ccccc1. The molecule has 220 valence electrons. The Bertz CT molecular complexity index is 1490. The third kappa shape index (κ3) is 7.93. The van der Waals surface area contributed by atoms with Crippen LogP contribution in [0, 0.1) is 0 Å². The average Bonchev–Trinajstić information content (AvgIpc) is 2.92. The highest BCUT2D eigenvalue weighted by Gasteiger charge is 2.36. The zero-order valence-electron chi connectivity index (χ0n) is 22.2. The molecule has 0 aromatic heterocycles. The number of carbonyl (C=O) groups excluding carboxylic acids is 2. The number of nitrogens with one attached hydrogen (secondary N) is 1. The molecule has 0 radical (unpaired) electrons. The molecule has 0 heterocycles. The monoisotopic (exact) mass is 629 g/mol. The lowest BCUT2D eigenvalue weighted by Crippen LogP contribution is -2.52. The third-order valence-electron chi connectivity index (χ3n) is 6.16. The number of carbonyl (C=O) groups is 2. The molecule has 13 heteroatoms. The quantitative estimate of drug-likeness (QED) is 0.276. The molecule has 7 nitrogen and oxygen atoms in total. The molecular formula is C28H28Cl2F3N3O4S. The summed E-state index contributed by atoms with van der Waals surface area (Å²) in [7, 11) is -4.52. The second-order valence-electron chi connectivity index (χ2n) is 8.95. The standard InChI is InChI=1S/C28H28Cl2F3N3O4S/c1-3-25(27(38)34-4-2)35(17-19-13-14-21(29)16-24(19)30)26(37)18-36(41(39,40)23-11-6-5-7-12-23)22-10-8-9-20(15-22)28(31,32)33/h5-16,25H,3-4,17-18H2,1-2H3,(H,34,38)/t25-/m1/s1. The van der Waals surface area contributed by atoms with E-state index in [1.807, 2.05) is 0 Å². The molecule has 0 saturated carbocycles. The van der Waals surface area contributed by atoms with Crippen LogP contribution in [0.25, 0.3) is 0 Å². The average molecular weight is 631 g/mol. The summed E-state index contributed by atoms with van der Waals surface area (Å²) in [6, 6.07) is 14.3. The molecular weight excluding hydrogens is 602 g/mol. The number of amides is 2. The summed E-state index contributed by atoms with van der Waals surface area (Å²) in [5, 5.41) is 3.22. The zero-order chi connectivity index (χ0) is 30.4. The summed E-state index contributed by atoms with van der Waals surface area (Å²) in [6.45, 7) is 2.58. The number of nitrogens with zero attached hydrogens (tertiary/aromatic N) is 2. The topological polar surface area (TPSA) is 86.8 Å². The summed E-state index contributed by atoms with van der Waals surface area (Å²) >= 11 is 12.4. The number of alkyl halides is 3. The number of sulfonamides is 1. The Morgan fingerprint density at radius 2 is 1.63 bits per heavy atom.